The number of fused-ring (bicyclic) bond motifs is 1. The van der Waals surface area contributed by atoms with Gasteiger partial charge in [-0.3, -0.25) is 0 Å². The molecule has 0 unspecified atom stereocenters. The molecule has 1 saturated heterocycles. The lowest BCUT2D eigenvalue weighted by Crippen LogP contribution is -2.36. The predicted octanol–water partition coefficient (Wildman–Crippen LogP) is 3.58. The van der Waals surface area contributed by atoms with Crippen molar-refractivity contribution >= 4 is 12.0 Å². The molecule has 0 N–H and O–H groups in total. The van der Waals surface area contributed by atoms with E-state index in [1.165, 1.54) is 19.3 Å². The Balaban J connectivity index is 1.80. The van der Waals surface area contributed by atoms with Gasteiger partial charge in [-0.05, 0) is 37.3 Å². The third-order valence-electron chi connectivity index (χ3n) is 3.98. The Kier molecular flexibility index (Phi) is 3.18. The van der Waals surface area contributed by atoms with Gasteiger partial charge in [0.2, 0.25) is 0 Å². The molecule has 0 amide bonds. The summed E-state index contributed by atoms with van der Waals surface area (Å²) in [5.74, 6) is 0.438. The minimum atomic E-state index is -0.109. The van der Waals surface area contributed by atoms with Gasteiger partial charge < -0.3 is 4.74 Å². The molecule has 18 heavy (non-hydrogen) atoms. The zero-order valence-electron chi connectivity index (χ0n) is 10.5. The molecule has 0 bridgehead atoms. The van der Waals surface area contributed by atoms with E-state index in [0.717, 1.165) is 24.0 Å². The number of rotatable bonds is 1. The highest BCUT2D eigenvalue weighted by atomic mass is 16.5. The van der Waals surface area contributed by atoms with E-state index >= 15 is 0 Å². The highest BCUT2D eigenvalue weighted by Crippen LogP contribution is 2.36. The lowest BCUT2D eigenvalue weighted by molar-refractivity contribution is -0.153. The van der Waals surface area contributed by atoms with Crippen LogP contribution in [0.2, 0.25) is 0 Å². The SMILES string of the molecule is O=C1O[C@@H]2CCCC[C@H]2C/C1=C/c1ccccc1. The van der Waals surface area contributed by atoms with Crippen molar-refractivity contribution < 1.29 is 9.53 Å². The van der Waals surface area contributed by atoms with Crippen molar-refractivity contribution in [3.8, 4) is 0 Å². The largest absolute Gasteiger partial charge is 0.459 e. The van der Waals surface area contributed by atoms with Gasteiger partial charge in [-0.1, -0.05) is 36.8 Å². The number of carbonyl (C=O) groups excluding carboxylic acids is 1. The lowest BCUT2D eigenvalue weighted by atomic mass is 9.80. The molecule has 1 aromatic carbocycles. The summed E-state index contributed by atoms with van der Waals surface area (Å²) < 4.78 is 5.57. The van der Waals surface area contributed by atoms with E-state index in [1.807, 2.05) is 36.4 Å². The molecule has 0 radical (unpaired) electrons. The van der Waals surface area contributed by atoms with Crippen molar-refractivity contribution in [2.24, 2.45) is 5.92 Å². The van der Waals surface area contributed by atoms with Crippen LogP contribution in [0.5, 0.6) is 0 Å². The summed E-state index contributed by atoms with van der Waals surface area (Å²) in [7, 11) is 0. The summed E-state index contributed by atoms with van der Waals surface area (Å²) in [5, 5.41) is 0. The van der Waals surface area contributed by atoms with Crippen molar-refractivity contribution in [2.75, 3.05) is 0 Å². The van der Waals surface area contributed by atoms with Crippen molar-refractivity contribution in [3.05, 3.63) is 41.5 Å². The first-order valence-corrected chi connectivity index (χ1v) is 6.79. The molecule has 2 heteroatoms. The van der Waals surface area contributed by atoms with Crippen LogP contribution in [0.4, 0.5) is 0 Å². The van der Waals surface area contributed by atoms with Crippen LogP contribution in [-0.2, 0) is 9.53 Å². The van der Waals surface area contributed by atoms with Gasteiger partial charge in [-0.25, -0.2) is 4.79 Å². The average Bonchev–Trinajstić information content (AvgIpc) is 2.41. The van der Waals surface area contributed by atoms with Gasteiger partial charge in [0.05, 0.1) is 0 Å². The van der Waals surface area contributed by atoms with Crippen LogP contribution < -0.4 is 0 Å². The number of esters is 1. The summed E-state index contributed by atoms with van der Waals surface area (Å²) in [4.78, 5) is 12.0. The summed E-state index contributed by atoms with van der Waals surface area (Å²) in [6.45, 7) is 0. The maximum absolute atomic E-state index is 12.0. The third-order valence-corrected chi connectivity index (χ3v) is 3.98. The van der Waals surface area contributed by atoms with Gasteiger partial charge in [0.25, 0.3) is 0 Å². The second-order valence-electron chi connectivity index (χ2n) is 5.27. The minimum absolute atomic E-state index is 0.109. The maximum atomic E-state index is 12.0. The summed E-state index contributed by atoms with van der Waals surface area (Å²) in [6, 6.07) is 10.0. The molecule has 2 nitrogen and oxygen atoms in total. The summed E-state index contributed by atoms with van der Waals surface area (Å²) in [5.41, 5.74) is 1.92. The monoisotopic (exact) mass is 242 g/mol. The smallest absolute Gasteiger partial charge is 0.334 e. The van der Waals surface area contributed by atoms with Crippen LogP contribution in [0, 0.1) is 5.92 Å². The third kappa shape index (κ3) is 2.33. The molecule has 1 aliphatic carbocycles. The molecule has 3 rings (SSSR count). The fourth-order valence-corrected chi connectivity index (χ4v) is 3.01. The molecule has 0 spiro atoms. The predicted molar refractivity (Wildman–Crippen MR) is 70.9 cm³/mol. The van der Waals surface area contributed by atoms with E-state index in [9.17, 15) is 4.79 Å². The molecule has 2 fully saturated rings. The second-order valence-corrected chi connectivity index (χ2v) is 5.27. The molecule has 1 saturated carbocycles. The Morgan fingerprint density at radius 1 is 1.11 bits per heavy atom. The topological polar surface area (TPSA) is 26.3 Å². The molecule has 0 aromatic heterocycles. The maximum Gasteiger partial charge on any atom is 0.334 e. The fraction of sp³-hybridized carbons (Fsp3) is 0.438. The van der Waals surface area contributed by atoms with Crippen molar-refractivity contribution in [1.29, 1.82) is 0 Å². The van der Waals surface area contributed by atoms with Crippen LogP contribution >= 0.6 is 0 Å². The first kappa shape index (κ1) is 11.5. The highest BCUT2D eigenvalue weighted by molar-refractivity contribution is 5.94. The number of ether oxygens (including phenoxy) is 1. The van der Waals surface area contributed by atoms with Gasteiger partial charge in [0.15, 0.2) is 0 Å². The highest BCUT2D eigenvalue weighted by Gasteiger charge is 2.35. The Morgan fingerprint density at radius 2 is 1.89 bits per heavy atom. The van der Waals surface area contributed by atoms with E-state index in [0.29, 0.717) is 5.92 Å². The molecule has 2 atom stereocenters. The molecule has 1 heterocycles. The van der Waals surface area contributed by atoms with Gasteiger partial charge >= 0.3 is 5.97 Å². The van der Waals surface area contributed by atoms with Gasteiger partial charge in [0, 0.05) is 11.5 Å². The number of hydrogen-bond donors (Lipinski definition) is 0. The van der Waals surface area contributed by atoms with Gasteiger partial charge in [-0.15, -0.1) is 0 Å². The molecular weight excluding hydrogens is 224 g/mol. The van der Waals surface area contributed by atoms with E-state index in [2.05, 4.69) is 0 Å². The van der Waals surface area contributed by atoms with Gasteiger partial charge in [0.1, 0.15) is 6.10 Å². The molecule has 1 aliphatic heterocycles. The van der Waals surface area contributed by atoms with E-state index in [-0.39, 0.29) is 12.1 Å². The van der Waals surface area contributed by atoms with Crippen LogP contribution in [0.25, 0.3) is 6.08 Å². The number of benzene rings is 1. The van der Waals surface area contributed by atoms with Crippen LogP contribution in [0.3, 0.4) is 0 Å². The standard InChI is InChI=1S/C16H18O2/c17-16-14(10-12-6-2-1-3-7-12)11-13-8-4-5-9-15(13)18-16/h1-3,6-7,10,13,15H,4-5,8-9,11H2/b14-10-/t13-,15+/m0/s1. The van der Waals surface area contributed by atoms with E-state index < -0.39 is 0 Å². The molecule has 1 aromatic rings. The molecule has 2 aliphatic rings. The van der Waals surface area contributed by atoms with Crippen molar-refractivity contribution in [3.63, 3.8) is 0 Å². The first-order valence-electron chi connectivity index (χ1n) is 6.79. The van der Waals surface area contributed by atoms with Crippen molar-refractivity contribution in [1.82, 2.24) is 0 Å². The Bertz CT molecular complexity index is 461. The quantitative estimate of drug-likeness (QED) is 0.556. The first-order chi connectivity index (χ1) is 8.83. The Labute approximate surface area is 108 Å². The minimum Gasteiger partial charge on any atom is -0.459 e. The van der Waals surface area contributed by atoms with Gasteiger partial charge in [-0.2, -0.15) is 0 Å². The normalized spacial score (nSPS) is 29.8. The Hall–Kier alpha value is -1.57. The summed E-state index contributed by atoms with van der Waals surface area (Å²) in [6.07, 6.45) is 7.77. The van der Waals surface area contributed by atoms with Crippen LogP contribution in [-0.4, -0.2) is 12.1 Å². The average molecular weight is 242 g/mol. The number of carbonyl (C=O) groups is 1. The fourth-order valence-electron chi connectivity index (χ4n) is 3.01. The second kappa shape index (κ2) is 4.97. The molecular formula is C16H18O2. The lowest BCUT2D eigenvalue weighted by Gasteiger charge is -2.35. The molecule has 94 valence electrons. The van der Waals surface area contributed by atoms with Crippen molar-refractivity contribution in [2.45, 2.75) is 38.2 Å². The number of hydrogen-bond acceptors (Lipinski definition) is 2. The van der Waals surface area contributed by atoms with Crippen LogP contribution in [0.15, 0.2) is 35.9 Å². The van der Waals surface area contributed by atoms with E-state index in [1.54, 1.807) is 0 Å². The Morgan fingerprint density at radius 3 is 2.72 bits per heavy atom. The van der Waals surface area contributed by atoms with E-state index in [4.69, 9.17) is 4.74 Å². The summed E-state index contributed by atoms with van der Waals surface area (Å²) >= 11 is 0. The zero-order chi connectivity index (χ0) is 12.4. The van der Waals surface area contributed by atoms with Crippen LogP contribution in [0.1, 0.15) is 37.7 Å². The zero-order valence-corrected chi connectivity index (χ0v) is 10.5.